The summed E-state index contributed by atoms with van der Waals surface area (Å²) in [6.07, 6.45) is 3.44. The van der Waals surface area contributed by atoms with Crippen molar-refractivity contribution in [2.45, 2.75) is 4.90 Å². The third-order valence-corrected chi connectivity index (χ3v) is 7.67. The van der Waals surface area contributed by atoms with Crippen LogP contribution in [0.2, 0.25) is 0 Å². The maximum Gasteiger partial charge on any atom is 0.243 e. The van der Waals surface area contributed by atoms with Crippen molar-refractivity contribution >= 4 is 26.7 Å². The Balaban J connectivity index is 1.42. The van der Waals surface area contributed by atoms with Crippen LogP contribution in [0.4, 0.5) is 5.82 Å². The predicted octanol–water partition coefficient (Wildman–Crippen LogP) is 3.21. The van der Waals surface area contributed by atoms with Crippen LogP contribution in [0.1, 0.15) is 0 Å². The van der Waals surface area contributed by atoms with Crippen molar-refractivity contribution in [3.05, 3.63) is 73.1 Å². The number of nitrogens with zero attached hydrogens (tertiary/aromatic N) is 5. The first-order valence-electron chi connectivity index (χ1n) is 10.6. The number of fused-ring (bicyclic) bond motifs is 1. The number of ether oxygens (including phenoxy) is 1. The summed E-state index contributed by atoms with van der Waals surface area (Å²) in [7, 11) is -2.02. The molecule has 0 radical (unpaired) electrons. The fourth-order valence-corrected chi connectivity index (χ4v) is 5.39. The first-order valence-corrected chi connectivity index (χ1v) is 12.1. The Labute approximate surface area is 192 Å². The number of benzene rings is 2. The normalized spacial score (nSPS) is 15.0. The Hall–Kier alpha value is -3.56. The van der Waals surface area contributed by atoms with E-state index in [0.717, 1.165) is 22.3 Å². The molecule has 2 aromatic heterocycles. The summed E-state index contributed by atoms with van der Waals surface area (Å²) >= 11 is 0. The van der Waals surface area contributed by atoms with Crippen LogP contribution < -0.4 is 9.64 Å². The van der Waals surface area contributed by atoms with Crippen molar-refractivity contribution in [2.75, 3.05) is 38.2 Å². The van der Waals surface area contributed by atoms with E-state index in [4.69, 9.17) is 14.7 Å². The molecule has 1 aliphatic rings. The first-order chi connectivity index (χ1) is 16.1. The van der Waals surface area contributed by atoms with Crippen LogP contribution in [0.5, 0.6) is 5.75 Å². The van der Waals surface area contributed by atoms with Gasteiger partial charge >= 0.3 is 0 Å². The van der Waals surface area contributed by atoms with Gasteiger partial charge in [0.15, 0.2) is 5.82 Å². The quantitative estimate of drug-likeness (QED) is 0.451. The molecule has 3 heterocycles. The van der Waals surface area contributed by atoms with Crippen molar-refractivity contribution in [3.63, 3.8) is 0 Å². The van der Waals surface area contributed by atoms with Gasteiger partial charge in [0.25, 0.3) is 0 Å². The summed E-state index contributed by atoms with van der Waals surface area (Å²) in [5, 5.41) is 0.946. The van der Waals surface area contributed by atoms with Gasteiger partial charge in [0.1, 0.15) is 11.6 Å². The predicted molar refractivity (Wildman–Crippen MR) is 127 cm³/mol. The van der Waals surface area contributed by atoms with Gasteiger partial charge in [-0.1, -0.05) is 12.1 Å². The summed E-state index contributed by atoms with van der Waals surface area (Å²) in [6.45, 7) is 1.81. The van der Waals surface area contributed by atoms with E-state index in [1.165, 1.54) is 4.31 Å². The minimum Gasteiger partial charge on any atom is -0.497 e. The molecule has 1 fully saturated rings. The number of piperazine rings is 1. The van der Waals surface area contributed by atoms with Crippen molar-refractivity contribution < 1.29 is 13.2 Å². The highest BCUT2D eigenvalue weighted by Gasteiger charge is 2.29. The monoisotopic (exact) mass is 461 g/mol. The Morgan fingerprint density at radius 3 is 2.24 bits per heavy atom. The molecule has 1 saturated heterocycles. The molecule has 0 bridgehead atoms. The Kier molecular flexibility index (Phi) is 5.65. The van der Waals surface area contributed by atoms with E-state index in [-0.39, 0.29) is 4.90 Å². The number of hydrogen-bond donors (Lipinski definition) is 0. The zero-order chi connectivity index (χ0) is 22.8. The number of aromatic nitrogens is 3. The average molecular weight is 462 g/mol. The number of pyridine rings is 1. The van der Waals surface area contributed by atoms with E-state index in [0.29, 0.717) is 37.8 Å². The lowest BCUT2D eigenvalue weighted by atomic mass is 10.2. The van der Waals surface area contributed by atoms with Gasteiger partial charge < -0.3 is 9.64 Å². The Morgan fingerprint density at radius 1 is 0.848 bits per heavy atom. The molecule has 0 spiro atoms. The average Bonchev–Trinajstić information content (AvgIpc) is 2.88. The van der Waals surface area contributed by atoms with E-state index in [9.17, 15) is 8.42 Å². The fraction of sp³-hybridized carbons (Fsp3) is 0.208. The van der Waals surface area contributed by atoms with Crippen molar-refractivity contribution in [1.82, 2.24) is 19.3 Å². The van der Waals surface area contributed by atoms with Crippen LogP contribution in [0.15, 0.2) is 78.0 Å². The second kappa shape index (κ2) is 8.76. The molecule has 0 saturated carbocycles. The smallest absolute Gasteiger partial charge is 0.243 e. The molecule has 33 heavy (non-hydrogen) atoms. The molecule has 0 atom stereocenters. The molecule has 4 aromatic rings. The molecule has 2 aromatic carbocycles. The number of anilines is 1. The third-order valence-electron chi connectivity index (χ3n) is 5.76. The minimum absolute atomic E-state index is 0.268. The lowest BCUT2D eigenvalue weighted by Crippen LogP contribution is -2.49. The van der Waals surface area contributed by atoms with E-state index in [1.54, 1.807) is 43.8 Å². The Morgan fingerprint density at radius 2 is 1.55 bits per heavy atom. The molecule has 0 N–H and O–H groups in total. The number of methoxy groups -OCH3 is 1. The van der Waals surface area contributed by atoms with Crippen molar-refractivity contribution in [2.24, 2.45) is 0 Å². The largest absolute Gasteiger partial charge is 0.497 e. The highest BCUT2D eigenvalue weighted by molar-refractivity contribution is 7.89. The molecule has 9 heteroatoms. The van der Waals surface area contributed by atoms with Gasteiger partial charge in [0, 0.05) is 49.5 Å². The number of rotatable bonds is 5. The maximum atomic E-state index is 13.1. The molecule has 8 nitrogen and oxygen atoms in total. The summed E-state index contributed by atoms with van der Waals surface area (Å²) in [6, 6.07) is 18.1. The summed E-state index contributed by atoms with van der Waals surface area (Å²) in [5.41, 5.74) is 1.74. The lowest BCUT2D eigenvalue weighted by molar-refractivity contribution is 0.384. The summed E-state index contributed by atoms with van der Waals surface area (Å²) in [4.78, 5) is 16.1. The number of para-hydroxylation sites is 1. The Bertz CT molecular complexity index is 1370. The fourth-order valence-electron chi connectivity index (χ4n) is 3.97. The van der Waals surface area contributed by atoms with Gasteiger partial charge in [-0.15, -0.1) is 0 Å². The van der Waals surface area contributed by atoms with Crippen molar-refractivity contribution in [3.8, 4) is 17.1 Å². The van der Waals surface area contributed by atoms with Crippen LogP contribution >= 0.6 is 0 Å². The molecule has 0 amide bonds. The molecule has 5 rings (SSSR count). The van der Waals surface area contributed by atoms with Crippen LogP contribution in [0, 0.1) is 0 Å². The molecule has 0 unspecified atom stereocenters. The third kappa shape index (κ3) is 4.12. The van der Waals surface area contributed by atoms with E-state index < -0.39 is 10.0 Å². The molecular formula is C24H23N5O3S. The minimum atomic E-state index is -3.57. The maximum absolute atomic E-state index is 13.1. The second-order valence-corrected chi connectivity index (χ2v) is 9.63. The second-order valence-electron chi connectivity index (χ2n) is 7.69. The summed E-state index contributed by atoms with van der Waals surface area (Å²) in [5.74, 6) is 2.06. The number of hydrogen-bond acceptors (Lipinski definition) is 7. The van der Waals surface area contributed by atoms with Crippen LogP contribution in [-0.2, 0) is 10.0 Å². The van der Waals surface area contributed by atoms with Crippen LogP contribution in [0.25, 0.3) is 22.3 Å². The SMILES string of the molecule is COc1ccc(S(=O)(=O)N2CCN(c3nc(-c4ccncc4)nc4ccccc34)CC2)cc1. The standard InChI is InChI=1S/C24H23N5O3S/c1-32-19-6-8-20(9-7-19)33(30,31)29-16-14-28(15-17-29)24-21-4-2-3-5-22(21)26-23(27-24)18-10-12-25-13-11-18/h2-13H,14-17H2,1H3. The van der Waals surface area contributed by atoms with Crippen LogP contribution in [0.3, 0.4) is 0 Å². The van der Waals surface area contributed by atoms with Crippen molar-refractivity contribution in [1.29, 1.82) is 0 Å². The first kappa shape index (κ1) is 21.3. The zero-order valence-corrected chi connectivity index (χ0v) is 18.9. The highest BCUT2D eigenvalue weighted by Crippen LogP contribution is 2.29. The van der Waals surface area contributed by atoms with Gasteiger partial charge in [-0.25, -0.2) is 18.4 Å². The van der Waals surface area contributed by atoms with Gasteiger partial charge in [-0.05, 0) is 48.5 Å². The van der Waals surface area contributed by atoms with Gasteiger partial charge in [-0.2, -0.15) is 4.31 Å². The molecule has 1 aliphatic heterocycles. The van der Waals surface area contributed by atoms with Crippen LogP contribution in [-0.4, -0.2) is 61.0 Å². The van der Waals surface area contributed by atoms with Gasteiger partial charge in [-0.3, -0.25) is 4.98 Å². The highest BCUT2D eigenvalue weighted by atomic mass is 32.2. The molecule has 0 aliphatic carbocycles. The van der Waals surface area contributed by atoms with E-state index >= 15 is 0 Å². The topological polar surface area (TPSA) is 88.5 Å². The molecular weight excluding hydrogens is 438 g/mol. The number of sulfonamides is 1. The lowest BCUT2D eigenvalue weighted by Gasteiger charge is -2.35. The van der Waals surface area contributed by atoms with Gasteiger partial charge in [0.05, 0.1) is 17.5 Å². The van der Waals surface area contributed by atoms with E-state index in [2.05, 4.69) is 9.88 Å². The zero-order valence-electron chi connectivity index (χ0n) is 18.1. The van der Waals surface area contributed by atoms with E-state index in [1.807, 2.05) is 36.4 Å². The molecule has 168 valence electrons. The van der Waals surface area contributed by atoms with Gasteiger partial charge in [0.2, 0.25) is 10.0 Å². The summed E-state index contributed by atoms with van der Waals surface area (Å²) < 4.78 is 32.9.